The van der Waals surface area contributed by atoms with Crippen molar-refractivity contribution >= 4 is 23.2 Å². The van der Waals surface area contributed by atoms with E-state index in [2.05, 4.69) is 29.4 Å². The van der Waals surface area contributed by atoms with Crippen molar-refractivity contribution in [2.75, 3.05) is 36.9 Å². The van der Waals surface area contributed by atoms with Crippen LogP contribution in [0.5, 0.6) is 5.75 Å². The van der Waals surface area contributed by atoms with E-state index in [9.17, 15) is 9.59 Å². The van der Waals surface area contributed by atoms with Gasteiger partial charge in [-0.2, -0.15) is 0 Å². The Labute approximate surface area is 178 Å². The van der Waals surface area contributed by atoms with E-state index in [1.807, 2.05) is 19.1 Å². The lowest BCUT2D eigenvalue weighted by atomic mass is 9.92. The highest BCUT2D eigenvalue weighted by molar-refractivity contribution is 6.04. The second-order valence-electron chi connectivity index (χ2n) is 8.18. The normalized spacial score (nSPS) is 19.2. The van der Waals surface area contributed by atoms with Crippen LogP contribution in [-0.2, 0) is 4.79 Å². The Morgan fingerprint density at radius 2 is 1.50 bits per heavy atom. The summed E-state index contributed by atoms with van der Waals surface area (Å²) in [6.45, 7) is 9.32. The molecule has 30 heavy (non-hydrogen) atoms. The predicted octanol–water partition coefficient (Wildman–Crippen LogP) is 4.25. The first-order valence-corrected chi connectivity index (χ1v) is 10.6. The second-order valence-corrected chi connectivity index (χ2v) is 8.18. The zero-order valence-electron chi connectivity index (χ0n) is 18.0. The summed E-state index contributed by atoms with van der Waals surface area (Å²) >= 11 is 0. The lowest BCUT2D eigenvalue weighted by Gasteiger charge is -2.34. The lowest BCUT2D eigenvalue weighted by Crippen LogP contribution is -2.42. The minimum Gasteiger partial charge on any atom is -0.494 e. The van der Waals surface area contributed by atoms with Gasteiger partial charge in [-0.25, -0.2) is 0 Å². The molecule has 1 heterocycles. The standard InChI is InChI=1S/C24H31N3O3/c1-4-30-22-11-9-21(10-12-22)26-24(29)19-5-7-20(8-6-19)25-23(28)16-27-14-17(2)13-18(3)15-27/h5-12,17-18H,4,13-16H2,1-3H3,(H,25,28)(H,26,29). The summed E-state index contributed by atoms with van der Waals surface area (Å²) in [5.41, 5.74) is 1.92. The first-order valence-electron chi connectivity index (χ1n) is 10.6. The number of hydrogen-bond acceptors (Lipinski definition) is 4. The van der Waals surface area contributed by atoms with E-state index in [1.54, 1.807) is 36.4 Å². The van der Waals surface area contributed by atoms with Gasteiger partial charge in [-0.3, -0.25) is 14.5 Å². The number of benzene rings is 2. The first-order chi connectivity index (χ1) is 14.4. The first kappa shape index (κ1) is 21.8. The molecule has 1 aliphatic heterocycles. The third-order valence-electron chi connectivity index (χ3n) is 5.17. The van der Waals surface area contributed by atoms with Crippen LogP contribution < -0.4 is 15.4 Å². The van der Waals surface area contributed by atoms with Gasteiger partial charge in [-0.15, -0.1) is 0 Å². The van der Waals surface area contributed by atoms with Gasteiger partial charge in [0.15, 0.2) is 0 Å². The van der Waals surface area contributed by atoms with E-state index < -0.39 is 0 Å². The Bertz CT molecular complexity index is 839. The number of nitrogens with one attached hydrogen (secondary N) is 2. The van der Waals surface area contributed by atoms with Crippen molar-refractivity contribution in [2.24, 2.45) is 11.8 Å². The van der Waals surface area contributed by atoms with E-state index in [1.165, 1.54) is 6.42 Å². The third-order valence-corrected chi connectivity index (χ3v) is 5.17. The quantitative estimate of drug-likeness (QED) is 0.717. The number of carbonyl (C=O) groups excluding carboxylic acids is 2. The van der Waals surface area contributed by atoms with Gasteiger partial charge in [0.25, 0.3) is 5.91 Å². The maximum absolute atomic E-state index is 12.4. The third kappa shape index (κ3) is 6.32. The summed E-state index contributed by atoms with van der Waals surface area (Å²) in [5, 5.41) is 5.79. The summed E-state index contributed by atoms with van der Waals surface area (Å²) in [5.74, 6) is 1.78. The zero-order valence-corrected chi connectivity index (χ0v) is 18.0. The molecule has 0 radical (unpaired) electrons. The van der Waals surface area contributed by atoms with Gasteiger partial charge in [-0.05, 0) is 73.7 Å². The number of rotatable bonds is 7. The molecule has 1 saturated heterocycles. The molecule has 1 fully saturated rings. The number of carbonyl (C=O) groups is 2. The maximum atomic E-state index is 12.4. The minimum atomic E-state index is -0.201. The highest BCUT2D eigenvalue weighted by Crippen LogP contribution is 2.21. The molecule has 2 amide bonds. The fourth-order valence-corrected chi connectivity index (χ4v) is 4.03. The molecule has 2 aromatic carbocycles. The molecular weight excluding hydrogens is 378 g/mol. The molecule has 0 aliphatic carbocycles. The largest absolute Gasteiger partial charge is 0.494 e. The summed E-state index contributed by atoms with van der Waals surface area (Å²) in [6.07, 6.45) is 1.22. The van der Waals surface area contributed by atoms with Crippen LogP contribution in [-0.4, -0.2) is 43.0 Å². The van der Waals surface area contributed by atoms with Crippen molar-refractivity contribution in [3.63, 3.8) is 0 Å². The fraction of sp³-hybridized carbons (Fsp3) is 0.417. The zero-order chi connectivity index (χ0) is 21.5. The maximum Gasteiger partial charge on any atom is 0.255 e. The molecule has 0 bridgehead atoms. The molecule has 6 heteroatoms. The van der Waals surface area contributed by atoms with Crippen LogP contribution in [0.25, 0.3) is 0 Å². The van der Waals surface area contributed by atoms with Crippen molar-refractivity contribution in [3.05, 3.63) is 54.1 Å². The summed E-state index contributed by atoms with van der Waals surface area (Å²) in [6, 6.07) is 14.2. The van der Waals surface area contributed by atoms with Crippen LogP contribution in [0.4, 0.5) is 11.4 Å². The van der Waals surface area contributed by atoms with E-state index in [-0.39, 0.29) is 11.8 Å². The molecular formula is C24H31N3O3. The van der Waals surface area contributed by atoms with Gasteiger partial charge in [0.2, 0.25) is 5.91 Å². The molecule has 3 rings (SSSR count). The molecule has 6 nitrogen and oxygen atoms in total. The van der Waals surface area contributed by atoms with Gasteiger partial charge in [0, 0.05) is 30.0 Å². The molecule has 1 aliphatic rings. The van der Waals surface area contributed by atoms with Gasteiger partial charge in [0.1, 0.15) is 5.75 Å². The number of ether oxygens (including phenoxy) is 1. The summed E-state index contributed by atoms with van der Waals surface area (Å²) < 4.78 is 5.40. The molecule has 160 valence electrons. The SMILES string of the molecule is CCOc1ccc(NC(=O)c2ccc(NC(=O)CN3CC(C)CC(C)C3)cc2)cc1. The number of nitrogens with zero attached hydrogens (tertiary/aromatic N) is 1. The monoisotopic (exact) mass is 409 g/mol. The van der Waals surface area contributed by atoms with Crippen LogP contribution in [0.1, 0.15) is 37.6 Å². The number of anilines is 2. The molecule has 2 aromatic rings. The highest BCUT2D eigenvalue weighted by atomic mass is 16.5. The minimum absolute atomic E-state index is 0.0251. The van der Waals surface area contributed by atoms with E-state index in [0.717, 1.165) is 18.8 Å². The number of piperidine rings is 1. The van der Waals surface area contributed by atoms with Crippen LogP contribution in [0, 0.1) is 11.8 Å². The van der Waals surface area contributed by atoms with E-state index in [0.29, 0.717) is 41.9 Å². The van der Waals surface area contributed by atoms with Crippen molar-refractivity contribution in [3.8, 4) is 5.75 Å². The van der Waals surface area contributed by atoms with Crippen LogP contribution >= 0.6 is 0 Å². The Hall–Kier alpha value is -2.86. The lowest BCUT2D eigenvalue weighted by molar-refractivity contribution is -0.117. The van der Waals surface area contributed by atoms with Gasteiger partial charge >= 0.3 is 0 Å². The van der Waals surface area contributed by atoms with Crippen LogP contribution in [0.2, 0.25) is 0 Å². The van der Waals surface area contributed by atoms with Crippen LogP contribution in [0.15, 0.2) is 48.5 Å². The van der Waals surface area contributed by atoms with E-state index in [4.69, 9.17) is 4.74 Å². The second kappa shape index (κ2) is 10.3. The number of likely N-dealkylation sites (tertiary alicyclic amines) is 1. The Kier molecular flexibility index (Phi) is 7.46. The van der Waals surface area contributed by atoms with Crippen molar-refractivity contribution in [2.45, 2.75) is 27.2 Å². The number of amides is 2. The fourth-order valence-electron chi connectivity index (χ4n) is 4.03. The topological polar surface area (TPSA) is 70.7 Å². The molecule has 0 saturated carbocycles. The molecule has 2 unspecified atom stereocenters. The van der Waals surface area contributed by atoms with Crippen molar-refractivity contribution < 1.29 is 14.3 Å². The highest BCUT2D eigenvalue weighted by Gasteiger charge is 2.23. The smallest absolute Gasteiger partial charge is 0.255 e. The van der Waals surface area contributed by atoms with Crippen LogP contribution in [0.3, 0.4) is 0 Å². The Balaban J connectivity index is 1.51. The summed E-state index contributed by atoms with van der Waals surface area (Å²) in [4.78, 5) is 27.0. The van der Waals surface area contributed by atoms with Crippen molar-refractivity contribution in [1.29, 1.82) is 0 Å². The molecule has 2 atom stereocenters. The molecule has 2 N–H and O–H groups in total. The van der Waals surface area contributed by atoms with Gasteiger partial charge in [0.05, 0.1) is 13.2 Å². The summed E-state index contributed by atoms with van der Waals surface area (Å²) in [7, 11) is 0. The Morgan fingerprint density at radius 1 is 0.933 bits per heavy atom. The molecule has 0 spiro atoms. The van der Waals surface area contributed by atoms with E-state index >= 15 is 0 Å². The van der Waals surface area contributed by atoms with Gasteiger partial charge in [-0.1, -0.05) is 13.8 Å². The average Bonchev–Trinajstić information content (AvgIpc) is 2.69. The number of hydrogen-bond donors (Lipinski definition) is 2. The predicted molar refractivity (Wildman–Crippen MR) is 120 cm³/mol. The molecule has 0 aromatic heterocycles. The van der Waals surface area contributed by atoms with Gasteiger partial charge < -0.3 is 15.4 Å². The Morgan fingerprint density at radius 3 is 2.10 bits per heavy atom. The van der Waals surface area contributed by atoms with Crippen molar-refractivity contribution in [1.82, 2.24) is 4.90 Å². The average molecular weight is 410 g/mol.